The van der Waals surface area contributed by atoms with Crippen LogP contribution in [-0.4, -0.2) is 14.4 Å². The predicted octanol–water partition coefficient (Wildman–Crippen LogP) is 0.899. The Balaban J connectivity index is 0.00000264. The molecule has 9 heteroatoms. The van der Waals surface area contributed by atoms with Crippen molar-refractivity contribution in [2.75, 3.05) is 5.32 Å². The summed E-state index contributed by atoms with van der Waals surface area (Å²) in [5.74, 6) is 0. The van der Waals surface area contributed by atoms with Crippen molar-refractivity contribution in [3.05, 3.63) is 45.8 Å². The van der Waals surface area contributed by atoms with Crippen LogP contribution >= 0.6 is 22.9 Å². The van der Waals surface area contributed by atoms with Gasteiger partial charge in [-0.1, -0.05) is 18.5 Å². The third kappa shape index (κ3) is 5.48. The summed E-state index contributed by atoms with van der Waals surface area (Å²) in [6.07, 6.45) is 0.753. The zero-order chi connectivity index (χ0) is 16.3. The van der Waals surface area contributed by atoms with Crippen molar-refractivity contribution >= 4 is 44.7 Å². The van der Waals surface area contributed by atoms with E-state index in [2.05, 4.69) is 5.32 Å². The Hall–Kier alpha value is -0.570. The number of aryl methyl sites for hydroxylation is 2. The van der Waals surface area contributed by atoms with Gasteiger partial charge in [0.05, 0.1) is 0 Å². The van der Waals surface area contributed by atoms with Crippen molar-refractivity contribution in [3.63, 3.8) is 0 Å². The second kappa shape index (κ2) is 8.50. The first-order chi connectivity index (χ1) is 10.3. The number of nitrogens with one attached hydrogen (secondary N) is 2. The maximum absolute atomic E-state index is 12.2. The number of amides is 2. The molecule has 23 heavy (non-hydrogen) atoms. The van der Waals surface area contributed by atoms with Gasteiger partial charge in [0.1, 0.15) is 4.21 Å². The summed E-state index contributed by atoms with van der Waals surface area (Å²) in [4.78, 5) is 12.8. The van der Waals surface area contributed by atoms with Crippen LogP contribution in [0.25, 0.3) is 0 Å². The quantitative estimate of drug-likeness (QED) is 0.771. The van der Waals surface area contributed by atoms with E-state index in [1.54, 1.807) is 30.3 Å². The molecule has 0 aliphatic heterocycles. The molecule has 1 aromatic carbocycles. The van der Waals surface area contributed by atoms with Crippen molar-refractivity contribution in [3.8, 4) is 0 Å². The molecule has 2 rings (SSSR count). The molecule has 0 aliphatic carbocycles. The van der Waals surface area contributed by atoms with Crippen LogP contribution in [0.4, 0.5) is 10.5 Å². The summed E-state index contributed by atoms with van der Waals surface area (Å²) < 4.78 is 26.5. The molecule has 5 nitrogen and oxygen atoms in total. The van der Waals surface area contributed by atoms with Gasteiger partial charge in [0.15, 0.2) is 0 Å². The number of sulfonamides is 1. The van der Waals surface area contributed by atoms with Gasteiger partial charge in [-0.3, -0.25) is 0 Å². The van der Waals surface area contributed by atoms with Crippen LogP contribution in [0.2, 0.25) is 5.02 Å². The molecule has 0 radical (unpaired) electrons. The molecule has 0 fully saturated rings. The maximum atomic E-state index is 12.2. The summed E-state index contributed by atoms with van der Waals surface area (Å²) >= 11 is 6.91. The maximum Gasteiger partial charge on any atom is 1.00 e. The zero-order valence-corrected chi connectivity index (χ0v) is 17.4. The first-order valence-electron chi connectivity index (χ1n) is 6.50. The number of rotatable bonds is 4. The minimum absolute atomic E-state index is 0. The number of halogens is 1. The normalized spacial score (nSPS) is 10.7. The third-order valence-corrected chi connectivity index (χ3v) is 6.35. The average Bonchev–Trinajstić information content (AvgIpc) is 2.83. The monoisotopic (exact) mass is 382 g/mol. The molecule has 0 aliphatic rings. The van der Waals surface area contributed by atoms with Crippen LogP contribution in [0, 0.1) is 6.92 Å². The van der Waals surface area contributed by atoms with Crippen molar-refractivity contribution < 1.29 is 44.2 Å². The Morgan fingerprint density at radius 3 is 2.43 bits per heavy atom. The van der Waals surface area contributed by atoms with Gasteiger partial charge in [0.25, 0.3) is 10.0 Å². The predicted molar refractivity (Wildman–Crippen MR) is 90.3 cm³/mol. The molecule has 0 saturated carbocycles. The number of hydrogen-bond donors (Lipinski definition) is 2. The van der Waals surface area contributed by atoms with Crippen LogP contribution < -0.4 is 39.6 Å². The van der Waals surface area contributed by atoms with Crippen LogP contribution in [-0.2, 0) is 16.4 Å². The molecule has 0 saturated heterocycles. The third-order valence-electron chi connectivity index (χ3n) is 2.91. The second-order valence-electron chi connectivity index (χ2n) is 4.59. The minimum atomic E-state index is -3.87. The van der Waals surface area contributed by atoms with Gasteiger partial charge in [-0.25, -0.2) is 17.9 Å². The van der Waals surface area contributed by atoms with Gasteiger partial charge in [0.2, 0.25) is 0 Å². The molecular weight excluding hydrogens is 367 g/mol. The summed E-state index contributed by atoms with van der Waals surface area (Å²) in [7, 11) is -3.87. The number of carbonyl (C=O) groups excluding carboxylic acids is 1. The van der Waals surface area contributed by atoms with E-state index >= 15 is 0 Å². The molecule has 0 unspecified atom stereocenters. The van der Waals surface area contributed by atoms with Crippen molar-refractivity contribution in [1.82, 2.24) is 4.72 Å². The number of anilines is 1. The van der Waals surface area contributed by atoms with E-state index in [9.17, 15) is 13.2 Å². The van der Waals surface area contributed by atoms with E-state index in [4.69, 9.17) is 11.6 Å². The zero-order valence-electron chi connectivity index (χ0n) is 14.0. The molecule has 0 atom stereocenters. The number of carbonyl (C=O) groups is 1. The summed E-state index contributed by atoms with van der Waals surface area (Å²) in [6.45, 7) is 3.80. The standard InChI is InChI=1S/C14H15ClN2O3S2.Na.H/c1-3-12-9(2)8-13(21-12)22(19,20)17-14(18)16-11-6-4-10(15)5-7-11;;/h4-8H,3H2,1-2H3,(H2,16,17,18);;/q;+1;-1. The van der Waals surface area contributed by atoms with Crippen LogP contribution in [0.15, 0.2) is 34.5 Å². The summed E-state index contributed by atoms with van der Waals surface area (Å²) in [5, 5.41) is 2.97. The van der Waals surface area contributed by atoms with E-state index in [1.807, 2.05) is 18.6 Å². The van der Waals surface area contributed by atoms with Crippen molar-refractivity contribution in [1.29, 1.82) is 0 Å². The van der Waals surface area contributed by atoms with Gasteiger partial charge >= 0.3 is 35.6 Å². The van der Waals surface area contributed by atoms with Crippen molar-refractivity contribution in [2.24, 2.45) is 0 Å². The molecule has 120 valence electrons. The molecule has 1 aromatic heterocycles. The minimum Gasteiger partial charge on any atom is -1.00 e. The molecule has 2 aromatic rings. The topological polar surface area (TPSA) is 75.3 Å². The van der Waals surface area contributed by atoms with Gasteiger partial charge in [-0.05, 0) is 49.2 Å². The molecule has 1 heterocycles. The first-order valence-corrected chi connectivity index (χ1v) is 9.18. The van der Waals surface area contributed by atoms with Gasteiger partial charge < -0.3 is 6.74 Å². The second-order valence-corrected chi connectivity index (χ2v) is 8.07. The summed E-state index contributed by atoms with van der Waals surface area (Å²) in [6, 6.07) is 7.12. The Morgan fingerprint density at radius 2 is 1.91 bits per heavy atom. The van der Waals surface area contributed by atoms with Gasteiger partial charge in [-0.15, -0.1) is 11.3 Å². The van der Waals surface area contributed by atoms with Crippen LogP contribution in [0.3, 0.4) is 0 Å². The Kier molecular flexibility index (Phi) is 7.57. The largest absolute Gasteiger partial charge is 1.00 e. The van der Waals surface area contributed by atoms with E-state index in [-0.39, 0.29) is 35.2 Å². The molecule has 0 spiro atoms. The fourth-order valence-corrected chi connectivity index (χ4v) is 4.40. The number of hydrogen-bond acceptors (Lipinski definition) is 4. The SMILES string of the molecule is CCc1sc(S(=O)(=O)NC(=O)Nc2ccc(Cl)cc2)cc1C.[H-].[Na+]. The van der Waals surface area contributed by atoms with E-state index in [1.165, 1.54) is 11.3 Å². The molecule has 2 amide bonds. The fraction of sp³-hybridized carbons (Fsp3) is 0.214. The van der Waals surface area contributed by atoms with Gasteiger partial charge in [-0.2, -0.15) is 0 Å². The Morgan fingerprint density at radius 1 is 1.30 bits per heavy atom. The van der Waals surface area contributed by atoms with E-state index in [0.29, 0.717) is 10.7 Å². The first kappa shape index (κ1) is 20.5. The number of thiophene rings is 1. The van der Waals surface area contributed by atoms with Gasteiger partial charge in [0, 0.05) is 15.6 Å². The average molecular weight is 383 g/mol. The summed E-state index contributed by atoms with van der Waals surface area (Å²) in [5.41, 5.74) is 1.36. The Labute approximate surface area is 168 Å². The molecular formula is C14H16ClN2NaO3S2. The molecule has 0 bridgehead atoms. The van der Waals surface area contributed by atoms with E-state index in [0.717, 1.165) is 16.9 Å². The van der Waals surface area contributed by atoms with Crippen LogP contribution in [0.5, 0.6) is 0 Å². The fourth-order valence-electron chi connectivity index (χ4n) is 1.83. The van der Waals surface area contributed by atoms with Crippen LogP contribution in [0.1, 0.15) is 18.8 Å². The Bertz CT molecular complexity index is 795. The van der Waals surface area contributed by atoms with E-state index < -0.39 is 16.1 Å². The smallest absolute Gasteiger partial charge is 1.00 e. The molecule has 2 N–H and O–H groups in total. The van der Waals surface area contributed by atoms with Crippen molar-refractivity contribution in [2.45, 2.75) is 24.5 Å². The number of benzene rings is 1. The number of urea groups is 1.